The van der Waals surface area contributed by atoms with Crippen LogP contribution in [-0.4, -0.2) is 35.0 Å². The number of hydrogen-bond acceptors (Lipinski definition) is 4. The number of carbonyl (C=O) groups is 2. The van der Waals surface area contributed by atoms with Crippen molar-refractivity contribution in [2.24, 2.45) is 23.2 Å². The van der Waals surface area contributed by atoms with Crippen molar-refractivity contribution in [3.63, 3.8) is 0 Å². The Bertz CT molecular complexity index is 661. The van der Waals surface area contributed by atoms with E-state index < -0.39 is 0 Å². The van der Waals surface area contributed by atoms with E-state index in [4.69, 9.17) is 4.52 Å². The summed E-state index contributed by atoms with van der Waals surface area (Å²) in [5, 5.41) is 6.54. The first-order valence-electron chi connectivity index (χ1n) is 10.00. The molecule has 1 aromatic heterocycles. The fourth-order valence-electron chi connectivity index (χ4n) is 6.01. The Kier molecular flexibility index (Phi) is 4.53. The van der Waals surface area contributed by atoms with Gasteiger partial charge in [0.15, 0.2) is 5.82 Å². The highest BCUT2D eigenvalue weighted by molar-refractivity contribution is 5.94. The summed E-state index contributed by atoms with van der Waals surface area (Å²) >= 11 is 0. The second kappa shape index (κ2) is 6.71. The number of aromatic nitrogens is 1. The molecule has 5 rings (SSSR count). The maximum absolute atomic E-state index is 13.5. The van der Waals surface area contributed by atoms with Crippen molar-refractivity contribution in [1.29, 1.82) is 0 Å². The van der Waals surface area contributed by atoms with Gasteiger partial charge in [-0.3, -0.25) is 9.59 Å². The van der Waals surface area contributed by atoms with E-state index in [0.29, 0.717) is 18.1 Å². The second-order valence-electron chi connectivity index (χ2n) is 8.80. The normalized spacial score (nSPS) is 31.8. The molecular weight excluding hydrogens is 330 g/mol. The minimum atomic E-state index is -0.204. The third-order valence-corrected chi connectivity index (χ3v) is 6.50. The molecule has 4 fully saturated rings. The van der Waals surface area contributed by atoms with Crippen LogP contribution in [0.2, 0.25) is 0 Å². The smallest absolute Gasteiger partial charge is 0.245 e. The van der Waals surface area contributed by atoms with Crippen molar-refractivity contribution < 1.29 is 14.1 Å². The summed E-state index contributed by atoms with van der Waals surface area (Å²) in [5.41, 5.74) is -0.200. The van der Waals surface area contributed by atoms with Gasteiger partial charge in [0, 0.05) is 12.6 Å². The largest absolute Gasteiger partial charge is 0.360 e. The van der Waals surface area contributed by atoms with Gasteiger partial charge in [0.25, 0.3) is 0 Å². The number of nitrogens with one attached hydrogen (secondary N) is 1. The van der Waals surface area contributed by atoms with Gasteiger partial charge in [-0.1, -0.05) is 12.1 Å². The van der Waals surface area contributed by atoms with Crippen LogP contribution in [-0.2, 0) is 9.59 Å². The molecule has 0 atom stereocenters. The first-order chi connectivity index (χ1) is 12.5. The molecule has 0 aliphatic heterocycles. The van der Waals surface area contributed by atoms with E-state index in [9.17, 15) is 9.59 Å². The molecule has 142 valence electrons. The Morgan fingerprint density at radius 1 is 1.23 bits per heavy atom. The van der Waals surface area contributed by atoms with Crippen LogP contribution in [0.1, 0.15) is 57.6 Å². The SMILES string of the molecule is CCCN(CC(=O)Nc1cc(C)on1)C(=O)C12CC3CC(CC(C3)C1)C2. The quantitative estimate of drug-likeness (QED) is 0.845. The topological polar surface area (TPSA) is 75.4 Å². The lowest BCUT2D eigenvalue weighted by Crippen LogP contribution is -2.55. The van der Waals surface area contributed by atoms with Crippen LogP contribution in [0.4, 0.5) is 5.82 Å². The molecule has 0 spiro atoms. The fourth-order valence-corrected chi connectivity index (χ4v) is 6.01. The number of rotatable bonds is 6. The predicted octanol–water partition coefficient (Wildman–Crippen LogP) is 3.38. The average Bonchev–Trinajstić information content (AvgIpc) is 2.97. The molecule has 1 N–H and O–H groups in total. The summed E-state index contributed by atoms with van der Waals surface area (Å²) in [5.74, 6) is 3.23. The van der Waals surface area contributed by atoms with E-state index in [1.165, 1.54) is 19.3 Å². The van der Waals surface area contributed by atoms with Gasteiger partial charge in [-0.05, 0) is 69.6 Å². The van der Waals surface area contributed by atoms with E-state index in [2.05, 4.69) is 17.4 Å². The summed E-state index contributed by atoms with van der Waals surface area (Å²) in [6.45, 7) is 4.56. The highest BCUT2D eigenvalue weighted by Crippen LogP contribution is 2.60. The number of aryl methyl sites for hydroxylation is 1. The zero-order chi connectivity index (χ0) is 18.3. The van der Waals surface area contributed by atoms with Crippen LogP contribution in [0, 0.1) is 30.1 Å². The summed E-state index contributed by atoms with van der Waals surface area (Å²) in [7, 11) is 0. The van der Waals surface area contributed by atoms with E-state index in [1.54, 1.807) is 17.9 Å². The van der Waals surface area contributed by atoms with Gasteiger partial charge in [0.05, 0.1) is 12.0 Å². The van der Waals surface area contributed by atoms with Crippen LogP contribution < -0.4 is 5.32 Å². The maximum atomic E-state index is 13.5. The van der Waals surface area contributed by atoms with E-state index in [-0.39, 0.29) is 23.8 Å². The van der Waals surface area contributed by atoms with Gasteiger partial charge in [0.2, 0.25) is 11.8 Å². The monoisotopic (exact) mass is 359 g/mol. The number of nitrogens with zero attached hydrogens (tertiary/aromatic N) is 2. The number of carbonyl (C=O) groups excluding carboxylic acids is 2. The summed E-state index contributed by atoms with van der Waals surface area (Å²) in [6.07, 6.45) is 7.88. The lowest BCUT2D eigenvalue weighted by molar-refractivity contribution is -0.158. The third kappa shape index (κ3) is 3.26. The fraction of sp³-hybridized carbons (Fsp3) is 0.750. The molecule has 2 amide bonds. The Hall–Kier alpha value is -1.85. The van der Waals surface area contributed by atoms with Gasteiger partial charge in [-0.25, -0.2) is 0 Å². The zero-order valence-electron chi connectivity index (χ0n) is 15.8. The molecule has 4 aliphatic rings. The Morgan fingerprint density at radius 2 is 1.85 bits per heavy atom. The van der Waals surface area contributed by atoms with E-state index in [1.807, 2.05) is 0 Å². The maximum Gasteiger partial charge on any atom is 0.245 e. The van der Waals surface area contributed by atoms with Crippen molar-refractivity contribution in [2.75, 3.05) is 18.4 Å². The summed E-state index contributed by atoms with van der Waals surface area (Å²) in [6, 6.07) is 1.68. The van der Waals surface area contributed by atoms with Crippen molar-refractivity contribution in [3.05, 3.63) is 11.8 Å². The molecular formula is C20H29N3O3. The minimum absolute atomic E-state index is 0.0976. The molecule has 4 saturated carbocycles. The Labute approximate surface area is 154 Å². The van der Waals surface area contributed by atoms with Crippen LogP contribution >= 0.6 is 0 Å². The summed E-state index contributed by atoms with van der Waals surface area (Å²) in [4.78, 5) is 27.7. The molecule has 1 heterocycles. The van der Waals surface area contributed by atoms with Crippen LogP contribution in [0.3, 0.4) is 0 Å². The van der Waals surface area contributed by atoms with Gasteiger partial charge < -0.3 is 14.7 Å². The summed E-state index contributed by atoms with van der Waals surface area (Å²) < 4.78 is 4.98. The van der Waals surface area contributed by atoms with Crippen LogP contribution in [0.5, 0.6) is 0 Å². The van der Waals surface area contributed by atoms with E-state index in [0.717, 1.165) is 43.4 Å². The van der Waals surface area contributed by atoms with E-state index >= 15 is 0 Å². The Morgan fingerprint density at radius 3 is 2.35 bits per heavy atom. The highest BCUT2D eigenvalue weighted by atomic mass is 16.5. The molecule has 0 saturated heterocycles. The molecule has 0 aromatic carbocycles. The van der Waals surface area contributed by atoms with Gasteiger partial charge in [-0.15, -0.1) is 0 Å². The number of anilines is 1. The lowest BCUT2D eigenvalue weighted by Gasteiger charge is -2.56. The Balaban J connectivity index is 1.45. The van der Waals surface area contributed by atoms with Crippen molar-refractivity contribution in [3.8, 4) is 0 Å². The molecule has 0 unspecified atom stereocenters. The molecule has 1 aromatic rings. The molecule has 4 bridgehead atoms. The molecule has 6 heteroatoms. The minimum Gasteiger partial charge on any atom is -0.360 e. The van der Waals surface area contributed by atoms with Crippen molar-refractivity contribution in [1.82, 2.24) is 10.1 Å². The van der Waals surface area contributed by atoms with Gasteiger partial charge in [-0.2, -0.15) is 0 Å². The third-order valence-electron chi connectivity index (χ3n) is 6.50. The van der Waals surface area contributed by atoms with Crippen molar-refractivity contribution >= 4 is 17.6 Å². The average molecular weight is 359 g/mol. The first-order valence-corrected chi connectivity index (χ1v) is 10.00. The van der Waals surface area contributed by atoms with Gasteiger partial charge >= 0.3 is 0 Å². The van der Waals surface area contributed by atoms with Crippen molar-refractivity contribution in [2.45, 2.75) is 58.8 Å². The molecule has 4 aliphatic carbocycles. The highest BCUT2D eigenvalue weighted by Gasteiger charge is 2.55. The number of amides is 2. The molecule has 0 radical (unpaired) electrons. The first kappa shape index (κ1) is 17.6. The van der Waals surface area contributed by atoms with Crippen LogP contribution in [0.15, 0.2) is 10.6 Å². The number of hydrogen-bond donors (Lipinski definition) is 1. The van der Waals surface area contributed by atoms with Crippen LogP contribution in [0.25, 0.3) is 0 Å². The molecule has 6 nitrogen and oxygen atoms in total. The lowest BCUT2D eigenvalue weighted by atomic mass is 9.49. The zero-order valence-corrected chi connectivity index (χ0v) is 15.8. The molecule has 26 heavy (non-hydrogen) atoms. The predicted molar refractivity (Wildman–Crippen MR) is 97.3 cm³/mol. The van der Waals surface area contributed by atoms with Gasteiger partial charge in [0.1, 0.15) is 5.76 Å². The second-order valence-corrected chi connectivity index (χ2v) is 8.80. The standard InChI is InChI=1S/C20H29N3O3/c1-3-4-23(12-18(24)21-17-5-13(2)26-22-17)19(25)20-9-14-6-15(10-20)8-16(7-14)11-20/h5,14-16H,3-4,6-12H2,1-2H3,(H,21,22,24).